The summed E-state index contributed by atoms with van der Waals surface area (Å²) in [4.78, 5) is 0. The predicted molar refractivity (Wildman–Crippen MR) is 123 cm³/mol. The van der Waals surface area contributed by atoms with Crippen molar-refractivity contribution in [3.63, 3.8) is 0 Å². The number of fused-ring (bicyclic) bond motifs is 1. The van der Waals surface area contributed by atoms with Crippen LogP contribution in [0.4, 0.5) is 20.2 Å². The minimum atomic E-state index is -0.599. The van der Waals surface area contributed by atoms with Gasteiger partial charge in [0.05, 0.1) is 11.4 Å². The Hall–Kier alpha value is -3.55. The van der Waals surface area contributed by atoms with Gasteiger partial charge in [0.2, 0.25) is 5.65 Å². The number of rotatable bonds is 6. The summed E-state index contributed by atoms with van der Waals surface area (Å²) in [6.07, 6.45) is 0.616. The molecule has 0 aliphatic heterocycles. The Morgan fingerprint density at radius 2 is 1.78 bits per heavy atom. The van der Waals surface area contributed by atoms with Gasteiger partial charge in [-0.3, -0.25) is 0 Å². The van der Waals surface area contributed by atoms with Crippen molar-refractivity contribution in [3.05, 3.63) is 71.1 Å². The van der Waals surface area contributed by atoms with Crippen molar-refractivity contribution in [1.29, 1.82) is 0 Å². The number of nitrogen functional groups attached to an aromatic ring is 1. The van der Waals surface area contributed by atoms with Crippen LogP contribution >= 0.6 is 0 Å². The standard InChI is InChI=1S/C24H26F2N6/c1-5-17(19-8-6-15(25)10-21(19)26)18-9-7-16(27)11-20(18)22-12-23(28-13(2)3)24-30-29-14(4)32(24)31-22/h6-13,17,28H,5,27H2,1-4H3. The Morgan fingerprint density at radius 1 is 1.03 bits per heavy atom. The minimum Gasteiger partial charge on any atom is -0.399 e. The Kier molecular flexibility index (Phi) is 5.78. The molecule has 0 saturated heterocycles. The fourth-order valence-corrected chi connectivity index (χ4v) is 4.02. The van der Waals surface area contributed by atoms with Crippen LogP contribution in [0.1, 0.15) is 50.1 Å². The molecule has 0 fully saturated rings. The largest absolute Gasteiger partial charge is 0.399 e. The van der Waals surface area contributed by atoms with Crippen LogP contribution < -0.4 is 11.1 Å². The third kappa shape index (κ3) is 4.00. The van der Waals surface area contributed by atoms with Crippen LogP contribution in [0.5, 0.6) is 0 Å². The van der Waals surface area contributed by atoms with E-state index in [-0.39, 0.29) is 12.0 Å². The van der Waals surface area contributed by atoms with Crippen LogP contribution in [0.2, 0.25) is 0 Å². The van der Waals surface area contributed by atoms with E-state index >= 15 is 0 Å². The number of nitrogens with one attached hydrogen (secondary N) is 1. The Labute approximate surface area is 185 Å². The van der Waals surface area contributed by atoms with Crippen molar-refractivity contribution in [2.24, 2.45) is 0 Å². The summed E-state index contributed by atoms with van der Waals surface area (Å²) < 4.78 is 29.9. The van der Waals surface area contributed by atoms with Gasteiger partial charge in [0.1, 0.15) is 11.6 Å². The number of aromatic nitrogens is 4. The molecular formula is C24H26F2N6. The molecule has 0 spiro atoms. The molecule has 2 aromatic heterocycles. The van der Waals surface area contributed by atoms with Crippen molar-refractivity contribution in [1.82, 2.24) is 19.8 Å². The minimum absolute atomic E-state index is 0.170. The second-order valence-electron chi connectivity index (χ2n) is 8.20. The molecule has 1 unspecified atom stereocenters. The monoisotopic (exact) mass is 436 g/mol. The summed E-state index contributed by atoms with van der Waals surface area (Å²) in [7, 11) is 0. The van der Waals surface area contributed by atoms with Gasteiger partial charge in [-0.05, 0) is 62.6 Å². The maximum atomic E-state index is 14.7. The molecular weight excluding hydrogens is 410 g/mol. The van der Waals surface area contributed by atoms with E-state index in [1.165, 1.54) is 12.1 Å². The van der Waals surface area contributed by atoms with Crippen molar-refractivity contribution in [2.45, 2.75) is 46.1 Å². The second-order valence-corrected chi connectivity index (χ2v) is 8.20. The van der Waals surface area contributed by atoms with Crippen molar-refractivity contribution < 1.29 is 8.78 Å². The van der Waals surface area contributed by atoms with E-state index in [4.69, 9.17) is 10.8 Å². The quantitative estimate of drug-likeness (QED) is 0.400. The number of benzene rings is 2. The van der Waals surface area contributed by atoms with E-state index in [9.17, 15) is 8.78 Å². The number of halogens is 2. The molecule has 0 radical (unpaired) electrons. The van der Waals surface area contributed by atoms with Gasteiger partial charge >= 0.3 is 0 Å². The lowest BCUT2D eigenvalue weighted by Gasteiger charge is -2.21. The maximum Gasteiger partial charge on any atom is 0.200 e. The van der Waals surface area contributed by atoms with Crippen LogP contribution in [0.3, 0.4) is 0 Å². The highest BCUT2D eigenvalue weighted by Crippen LogP contribution is 2.38. The first-order valence-corrected chi connectivity index (χ1v) is 10.6. The van der Waals surface area contributed by atoms with Crippen LogP contribution in [0.25, 0.3) is 16.9 Å². The summed E-state index contributed by atoms with van der Waals surface area (Å²) in [5.74, 6) is -0.818. The average Bonchev–Trinajstić information content (AvgIpc) is 3.11. The van der Waals surface area contributed by atoms with Gasteiger partial charge < -0.3 is 11.1 Å². The molecule has 0 saturated carbocycles. The molecule has 4 aromatic rings. The van der Waals surface area contributed by atoms with E-state index < -0.39 is 11.6 Å². The molecule has 166 valence electrons. The first-order valence-electron chi connectivity index (χ1n) is 10.6. The number of nitrogens with two attached hydrogens (primary N) is 1. The highest BCUT2D eigenvalue weighted by atomic mass is 19.1. The van der Waals surface area contributed by atoms with Crippen LogP contribution in [-0.2, 0) is 0 Å². The average molecular weight is 437 g/mol. The first kappa shape index (κ1) is 21.7. The lowest BCUT2D eigenvalue weighted by atomic mass is 9.84. The normalized spacial score (nSPS) is 12.5. The van der Waals surface area contributed by atoms with E-state index in [1.807, 2.05) is 45.9 Å². The maximum absolute atomic E-state index is 14.7. The molecule has 1 atom stereocenters. The Morgan fingerprint density at radius 3 is 2.47 bits per heavy atom. The van der Waals surface area contributed by atoms with Crippen LogP contribution in [-0.4, -0.2) is 25.9 Å². The number of hydrogen-bond donors (Lipinski definition) is 2. The van der Waals surface area contributed by atoms with Crippen molar-refractivity contribution in [2.75, 3.05) is 11.1 Å². The number of aryl methyl sites for hydroxylation is 1. The molecule has 6 nitrogen and oxygen atoms in total. The van der Waals surface area contributed by atoms with Crippen molar-refractivity contribution in [3.8, 4) is 11.3 Å². The molecule has 4 rings (SSSR count). The van der Waals surface area contributed by atoms with E-state index in [2.05, 4.69) is 15.5 Å². The van der Waals surface area contributed by atoms with Crippen LogP contribution in [0, 0.1) is 18.6 Å². The smallest absolute Gasteiger partial charge is 0.200 e. The fourth-order valence-electron chi connectivity index (χ4n) is 4.02. The molecule has 3 N–H and O–H groups in total. The molecule has 0 bridgehead atoms. The molecule has 2 heterocycles. The van der Waals surface area contributed by atoms with Gasteiger partial charge in [-0.25, -0.2) is 8.78 Å². The van der Waals surface area contributed by atoms with Crippen LogP contribution in [0.15, 0.2) is 42.5 Å². The highest BCUT2D eigenvalue weighted by Gasteiger charge is 2.22. The molecule has 0 aliphatic rings. The SMILES string of the molecule is CCC(c1ccc(F)cc1F)c1ccc(N)cc1-c1cc(NC(C)C)c2nnc(C)n2n1. The van der Waals surface area contributed by atoms with Crippen molar-refractivity contribution >= 4 is 17.0 Å². The zero-order valence-corrected chi connectivity index (χ0v) is 18.5. The number of nitrogens with zero attached hydrogens (tertiary/aromatic N) is 4. The topological polar surface area (TPSA) is 81.1 Å². The zero-order valence-electron chi connectivity index (χ0n) is 18.5. The Balaban J connectivity index is 1.94. The summed E-state index contributed by atoms with van der Waals surface area (Å²) >= 11 is 0. The number of anilines is 2. The summed E-state index contributed by atoms with van der Waals surface area (Å²) in [6, 6.07) is 11.3. The fraction of sp³-hybridized carbons (Fsp3) is 0.292. The highest BCUT2D eigenvalue weighted by molar-refractivity contribution is 5.77. The molecule has 2 aromatic carbocycles. The predicted octanol–water partition coefficient (Wildman–Crippen LogP) is 5.32. The molecule has 0 aliphatic carbocycles. The summed E-state index contributed by atoms with van der Waals surface area (Å²) in [5.41, 5.74) is 10.9. The lowest BCUT2D eigenvalue weighted by Crippen LogP contribution is -2.13. The van der Waals surface area contributed by atoms with E-state index in [0.29, 0.717) is 34.8 Å². The van der Waals surface area contributed by atoms with Gasteiger partial charge in [0, 0.05) is 29.3 Å². The van der Waals surface area contributed by atoms with E-state index in [1.54, 1.807) is 10.6 Å². The van der Waals surface area contributed by atoms with Gasteiger partial charge in [-0.15, -0.1) is 10.2 Å². The van der Waals surface area contributed by atoms with Gasteiger partial charge in [0.15, 0.2) is 5.82 Å². The third-order valence-electron chi connectivity index (χ3n) is 5.45. The number of hydrogen-bond acceptors (Lipinski definition) is 5. The van der Waals surface area contributed by atoms with Gasteiger partial charge in [-0.2, -0.15) is 9.61 Å². The van der Waals surface area contributed by atoms with Gasteiger partial charge in [0.25, 0.3) is 0 Å². The first-order chi connectivity index (χ1) is 15.3. The second kappa shape index (κ2) is 8.53. The summed E-state index contributed by atoms with van der Waals surface area (Å²) in [5, 5.41) is 16.6. The Bertz CT molecular complexity index is 1280. The van der Waals surface area contributed by atoms with Gasteiger partial charge in [-0.1, -0.05) is 19.1 Å². The summed E-state index contributed by atoms with van der Waals surface area (Å²) in [6.45, 7) is 7.88. The lowest BCUT2D eigenvalue weighted by molar-refractivity contribution is 0.561. The third-order valence-corrected chi connectivity index (χ3v) is 5.45. The molecule has 8 heteroatoms. The zero-order chi connectivity index (χ0) is 23.0. The molecule has 0 amide bonds. The molecule has 32 heavy (non-hydrogen) atoms. The van der Waals surface area contributed by atoms with E-state index in [0.717, 1.165) is 22.9 Å².